The summed E-state index contributed by atoms with van der Waals surface area (Å²) in [7, 11) is 0. The molecule has 0 aliphatic heterocycles. The molecular formula is C14H14BrN3O2S. The van der Waals surface area contributed by atoms with Crippen LogP contribution in [0.1, 0.15) is 27.9 Å². The number of anilines is 1. The van der Waals surface area contributed by atoms with Crippen molar-refractivity contribution in [2.24, 2.45) is 5.10 Å². The summed E-state index contributed by atoms with van der Waals surface area (Å²) in [6, 6.07) is 7.76. The van der Waals surface area contributed by atoms with E-state index in [-0.39, 0.29) is 5.97 Å². The number of hydrogen-bond donors (Lipinski definition) is 1. The second-order valence-corrected chi connectivity index (χ2v) is 5.99. The van der Waals surface area contributed by atoms with Crippen molar-refractivity contribution >= 4 is 44.6 Å². The van der Waals surface area contributed by atoms with E-state index < -0.39 is 0 Å². The average molecular weight is 368 g/mol. The Morgan fingerprint density at radius 1 is 1.57 bits per heavy atom. The third-order valence-corrected chi connectivity index (χ3v) is 4.02. The number of nitrogens with one attached hydrogen (secondary N) is 1. The summed E-state index contributed by atoms with van der Waals surface area (Å²) in [5.41, 5.74) is 4.42. The van der Waals surface area contributed by atoms with E-state index in [1.54, 1.807) is 20.1 Å². The van der Waals surface area contributed by atoms with Crippen molar-refractivity contribution in [1.82, 2.24) is 4.98 Å². The van der Waals surface area contributed by atoms with E-state index >= 15 is 0 Å². The molecule has 0 spiro atoms. The summed E-state index contributed by atoms with van der Waals surface area (Å²) in [6.07, 6.45) is 1.69. The molecule has 0 saturated heterocycles. The normalized spacial score (nSPS) is 10.8. The quantitative estimate of drug-likeness (QED) is 0.495. The molecule has 21 heavy (non-hydrogen) atoms. The van der Waals surface area contributed by atoms with E-state index in [1.807, 2.05) is 24.3 Å². The van der Waals surface area contributed by atoms with Gasteiger partial charge in [-0.15, -0.1) is 0 Å². The molecule has 5 nitrogen and oxygen atoms in total. The number of hydrogen-bond acceptors (Lipinski definition) is 6. The van der Waals surface area contributed by atoms with Crippen molar-refractivity contribution in [3.8, 4) is 0 Å². The fourth-order valence-electron chi connectivity index (χ4n) is 1.58. The zero-order chi connectivity index (χ0) is 15.2. The Labute approximate surface area is 135 Å². The van der Waals surface area contributed by atoms with E-state index in [4.69, 9.17) is 4.74 Å². The lowest BCUT2D eigenvalue weighted by Crippen LogP contribution is -2.03. The lowest BCUT2D eigenvalue weighted by molar-refractivity contribution is 0.0531. The molecule has 0 atom stereocenters. The van der Waals surface area contributed by atoms with Crippen LogP contribution in [0, 0.1) is 6.92 Å². The van der Waals surface area contributed by atoms with Crippen LogP contribution in [0.5, 0.6) is 0 Å². The topological polar surface area (TPSA) is 63.6 Å². The second-order valence-electron chi connectivity index (χ2n) is 4.08. The minimum atomic E-state index is -0.350. The Balaban J connectivity index is 2.04. The maximum absolute atomic E-state index is 11.7. The molecule has 0 aliphatic carbocycles. The summed E-state index contributed by atoms with van der Waals surface area (Å²) in [5.74, 6) is -0.350. The van der Waals surface area contributed by atoms with Crippen LogP contribution in [0.4, 0.5) is 5.13 Å². The van der Waals surface area contributed by atoms with E-state index in [0.29, 0.717) is 22.3 Å². The maximum Gasteiger partial charge on any atom is 0.350 e. The first-order chi connectivity index (χ1) is 10.1. The predicted octanol–water partition coefficient (Wildman–Crippen LogP) is 3.84. The summed E-state index contributed by atoms with van der Waals surface area (Å²) < 4.78 is 5.96. The SMILES string of the molecule is CCOC(=O)c1sc(N/N=C\c2cccc(Br)c2)nc1C. The van der Waals surface area contributed by atoms with Crippen LogP contribution in [0.2, 0.25) is 0 Å². The zero-order valence-corrected chi connectivity index (χ0v) is 14.0. The number of benzene rings is 1. The van der Waals surface area contributed by atoms with Crippen LogP contribution in [0.3, 0.4) is 0 Å². The van der Waals surface area contributed by atoms with E-state index in [2.05, 4.69) is 31.4 Å². The van der Waals surface area contributed by atoms with Gasteiger partial charge in [0.1, 0.15) is 4.88 Å². The van der Waals surface area contributed by atoms with Crippen LogP contribution in [0.15, 0.2) is 33.8 Å². The Hall–Kier alpha value is -1.73. The molecule has 0 amide bonds. The van der Waals surface area contributed by atoms with Crippen LogP contribution in [-0.4, -0.2) is 23.8 Å². The Morgan fingerprint density at radius 2 is 2.38 bits per heavy atom. The van der Waals surface area contributed by atoms with Crippen molar-refractivity contribution in [2.75, 3.05) is 12.0 Å². The van der Waals surface area contributed by atoms with Crippen LogP contribution in [0.25, 0.3) is 0 Å². The zero-order valence-electron chi connectivity index (χ0n) is 11.6. The number of esters is 1. The molecule has 1 aromatic heterocycles. The summed E-state index contributed by atoms with van der Waals surface area (Å²) in [6.45, 7) is 3.89. The molecule has 2 rings (SSSR count). The van der Waals surface area contributed by atoms with E-state index in [0.717, 1.165) is 10.0 Å². The lowest BCUT2D eigenvalue weighted by Gasteiger charge is -1.97. The largest absolute Gasteiger partial charge is 0.462 e. The van der Waals surface area contributed by atoms with Crippen molar-refractivity contribution < 1.29 is 9.53 Å². The minimum absolute atomic E-state index is 0.347. The van der Waals surface area contributed by atoms with Gasteiger partial charge in [-0.2, -0.15) is 5.10 Å². The molecule has 0 bridgehead atoms. The average Bonchev–Trinajstić information content (AvgIpc) is 2.80. The number of thiazole rings is 1. The van der Waals surface area contributed by atoms with Gasteiger partial charge in [0.2, 0.25) is 5.13 Å². The first-order valence-electron chi connectivity index (χ1n) is 6.29. The van der Waals surface area contributed by atoms with Gasteiger partial charge < -0.3 is 4.74 Å². The third-order valence-electron chi connectivity index (χ3n) is 2.48. The monoisotopic (exact) mass is 367 g/mol. The van der Waals surface area contributed by atoms with Crippen molar-refractivity contribution in [3.63, 3.8) is 0 Å². The highest BCUT2D eigenvalue weighted by Gasteiger charge is 2.15. The van der Waals surface area contributed by atoms with E-state index in [9.17, 15) is 4.79 Å². The highest BCUT2D eigenvalue weighted by molar-refractivity contribution is 9.10. The van der Waals surface area contributed by atoms with Gasteiger partial charge in [-0.3, -0.25) is 5.43 Å². The molecule has 1 heterocycles. The van der Waals surface area contributed by atoms with Gasteiger partial charge in [0.15, 0.2) is 0 Å². The second kappa shape index (κ2) is 7.33. The lowest BCUT2D eigenvalue weighted by atomic mass is 10.2. The predicted molar refractivity (Wildman–Crippen MR) is 88.2 cm³/mol. The van der Waals surface area contributed by atoms with Gasteiger partial charge >= 0.3 is 5.97 Å². The van der Waals surface area contributed by atoms with E-state index in [1.165, 1.54) is 11.3 Å². The molecule has 0 unspecified atom stereocenters. The first-order valence-corrected chi connectivity index (χ1v) is 7.90. The van der Waals surface area contributed by atoms with Crippen LogP contribution < -0.4 is 5.43 Å². The van der Waals surface area contributed by atoms with Gasteiger partial charge in [0.05, 0.1) is 18.5 Å². The molecule has 1 N–H and O–H groups in total. The summed E-state index contributed by atoms with van der Waals surface area (Å²) >= 11 is 4.62. The van der Waals surface area contributed by atoms with Gasteiger partial charge in [0.25, 0.3) is 0 Å². The summed E-state index contributed by atoms with van der Waals surface area (Å²) in [4.78, 5) is 16.4. The van der Waals surface area contributed by atoms with Gasteiger partial charge in [0, 0.05) is 4.47 Å². The number of hydrazone groups is 1. The van der Waals surface area contributed by atoms with Crippen LogP contribution in [-0.2, 0) is 4.74 Å². The standard InChI is InChI=1S/C14H14BrN3O2S/c1-3-20-13(19)12-9(2)17-14(21-12)18-16-8-10-5-4-6-11(15)7-10/h4-8H,3H2,1-2H3,(H,17,18)/b16-8-. The fourth-order valence-corrected chi connectivity index (χ4v) is 2.81. The molecule has 7 heteroatoms. The number of aryl methyl sites for hydroxylation is 1. The number of carbonyl (C=O) groups excluding carboxylic acids is 1. The Bertz CT molecular complexity index is 670. The van der Waals surface area contributed by atoms with Gasteiger partial charge in [-0.1, -0.05) is 39.4 Å². The highest BCUT2D eigenvalue weighted by Crippen LogP contribution is 2.23. The van der Waals surface area contributed by atoms with Crippen LogP contribution >= 0.6 is 27.3 Å². The summed E-state index contributed by atoms with van der Waals surface area (Å²) in [5, 5.41) is 4.67. The van der Waals surface area contributed by atoms with Gasteiger partial charge in [-0.25, -0.2) is 9.78 Å². The number of carbonyl (C=O) groups is 1. The van der Waals surface area contributed by atoms with Gasteiger partial charge in [-0.05, 0) is 31.5 Å². The minimum Gasteiger partial charge on any atom is -0.462 e. The number of halogens is 1. The molecule has 0 fully saturated rings. The number of rotatable bonds is 5. The van der Waals surface area contributed by atoms with Crippen molar-refractivity contribution in [2.45, 2.75) is 13.8 Å². The molecule has 0 saturated carbocycles. The first kappa shape index (κ1) is 15.7. The Morgan fingerprint density at radius 3 is 3.10 bits per heavy atom. The maximum atomic E-state index is 11.7. The number of nitrogens with zero attached hydrogens (tertiary/aromatic N) is 2. The Kier molecular flexibility index (Phi) is 5.46. The molecular weight excluding hydrogens is 354 g/mol. The molecule has 110 valence electrons. The fraction of sp³-hybridized carbons (Fsp3) is 0.214. The smallest absolute Gasteiger partial charge is 0.350 e. The van der Waals surface area contributed by atoms with Crippen molar-refractivity contribution in [1.29, 1.82) is 0 Å². The molecule has 0 aliphatic rings. The highest BCUT2D eigenvalue weighted by atomic mass is 79.9. The number of ether oxygens (including phenoxy) is 1. The van der Waals surface area contributed by atoms with Crippen molar-refractivity contribution in [3.05, 3.63) is 44.9 Å². The molecule has 2 aromatic rings. The third kappa shape index (κ3) is 4.37. The molecule has 0 radical (unpaired) electrons. The molecule has 1 aromatic carbocycles. The number of aromatic nitrogens is 1.